The minimum absolute atomic E-state index is 0.0555. The van der Waals surface area contributed by atoms with Gasteiger partial charge in [-0.05, 0) is 27.8 Å². The SMILES string of the molecule is OC(COCc1ccccc1)[C@H]1[C@@H](OCc2ccccc2)O[C@H](COCc2ccccc2)[C@@H](OCc2ccccc2)[C@@H]1OCc1ccccc1. The summed E-state index contributed by atoms with van der Waals surface area (Å²) in [5.41, 5.74) is 5.10. The summed E-state index contributed by atoms with van der Waals surface area (Å²) >= 11 is 0. The van der Waals surface area contributed by atoms with Crippen LogP contribution in [0.15, 0.2) is 152 Å². The lowest BCUT2D eigenvalue weighted by atomic mass is 9.86. The van der Waals surface area contributed by atoms with Crippen molar-refractivity contribution in [3.63, 3.8) is 0 Å². The molecule has 0 aromatic heterocycles. The highest BCUT2D eigenvalue weighted by Crippen LogP contribution is 2.36. The predicted octanol–water partition coefficient (Wildman–Crippen LogP) is 7.51. The molecule has 5 aromatic rings. The van der Waals surface area contributed by atoms with Crippen molar-refractivity contribution in [1.29, 1.82) is 0 Å². The summed E-state index contributed by atoms with van der Waals surface area (Å²) in [5.74, 6) is -0.649. The van der Waals surface area contributed by atoms with Gasteiger partial charge in [0.2, 0.25) is 0 Å². The van der Waals surface area contributed by atoms with Crippen LogP contribution < -0.4 is 0 Å². The second kappa shape index (κ2) is 19.3. The van der Waals surface area contributed by atoms with Crippen LogP contribution in [0.1, 0.15) is 27.8 Å². The zero-order valence-corrected chi connectivity index (χ0v) is 28.2. The molecule has 260 valence electrons. The van der Waals surface area contributed by atoms with E-state index >= 15 is 0 Å². The third-order valence-electron chi connectivity index (χ3n) is 8.76. The molecular weight excluding hydrogens is 628 g/mol. The zero-order valence-electron chi connectivity index (χ0n) is 28.2. The molecule has 1 unspecified atom stereocenters. The van der Waals surface area contributed by atoms with Crippen molar-refractivity contribution in [2.45, 2.75) is 63.7 Å². The molecule has 50 heavy (non-hydrogen) atoms. The molecule has 0 saturated carbocycles. The average molecular weight is 675 g/mol. The van der Waals surface area contributed by atoms with Gasteiger partial charge in [0.25, 0.3) is 0 Å². The molecule has 1 aliphatic heterocycles. The van der Waals surface area contributed by atoms with Crippen molar-refractivity contribution < 1.29 is 33.5 Å². The van der Waals surface area contributed by atoms with Crippen LogP contribution in [0.2, 0.25) is 0 Å². The van der Waals surface area contributed by atoms with E-state index < -0.39 is 36.6 Å². The van der Waals surface area contributed by atoms with Crippen molar-refractivity contribution >= 4 is 0 Å². The van der Waals surface area contributed by atoms with Crippen LogP contribution in [0.3, 0.4) is 0 Å². The molecule has 7 heteroatoms. The molecule has 1 N–H and O–H groups in total. The van der Waals surface area contributed by atoms with Crippen molar-refractivity contribution in [3.05, 3.63) is 179 Å². The van der Waals surface area contributed by atoms with Crippen LogP contribution in [0, 0.1) is 5.92 Å². The molecule has 0 amide bonds. The van der Waals surface area contributed by atoms with Gasteiger partial charge in [0.15, 0.2) is 6.29 Å². The molecule has 1 aliphatic rings. The van der Waals surface area contributed by atoms with E-state index in [0.717, 1.165) is 27.8 Å². The Bertz CT molecular complexity index is 1620. The zero-order chi connectivity index (χ0) is 34.2. The number of hydrogen-bond acceptors (Lipinski definition) is 7. The van der Waals surface area contributed by atoms with Gasteiger partial charge in [-0.2, -0.15) is 0 Å². The fourth-order valence-corrected chi connectivity index (χ4v) is 6.15. The van der Waals surface area contributed by atoms with E-state index in [4.69, 9.17) is 28.4 Å². The van der Waals surface area contributed by atoms with Gasteiger partial charge in [-0.25, -0.2) is 0 Å². The van der Waals surface area contributed by atoms with E-state index in [9.17, 15) is 5.11 Å². The molecule has 6 atom stereocenters. The first-order valence-electron chi connectivity index (χ1n) is 17.3. The van der Waals surface area contributed by atoms with Crippen molar-refractivity contribution in [2.24, 2.45) is 5.92 Å². The third-order valence-corrected chi connectivity index (χ3v) is 8.76. The lowest BCUT2D eigenvalue weighted by Crippen LogP contribution is -2.61. The lowest BCUT2D eigenvalue weighted by molar-refractivity contribution is -0.322. The molecular formula is C43H46O7. The maximum absolute atomic E-state index is 11.9. The van der Waals surface area contributed by atoms with Gasteiger partial charge < -0.3 is 33.5 Å². The van der Waals surface area contributed by atoms with E-state index in [2.05, 4.69) is 0 Å². The molecule has 1 heterocycles. The molecule has 0 radical (unpaired) electrons. The summed E-state index contributed by atoms with van der Waals surface area (Å²) in [5, 5.41) is 11.9. The van der Waals surface area contributed by atoms with Gasteiger partial charge in [-0.1, -0.05) is 152 Å². The molecule has 0 spiro atoms. The second-order valence-corrected chi connectivity index (χ2v) is 12.5. The first-order chi connectivity index (χ1) is 24.7. The summed E-state index contributed by atoms with van der Waals surface area (Å²) in [7, 11) is 0. The first-order valence-corrected chi connectivity index (χ1v) is 17.3. The minimum Gasteiger partial charge on any atom is -0.390 e. The average Bonchev–Trinajstić information content (AvgIpc) is 3.17. The molecule has 5 aromatic carbocycles. The summed E-state index contributed by atoms with van der Waals surface area (Å²) in [6.07, 6.45) is -3.62. The normalized spacial score (nSPS) is 21.1. The molecule has 0 aliphatic carbocycles. The van der Waals surface area contributed by atoms with Gasteiger partial charge >= 0.3 is 0 Å². The largest absolute Gasteiger partial charge is 0.390 e. The Morgan fingerprint density at radius 1 is 0.460 bits per heavy atom. The fraction of sp³-hybridized carbons (Fsp3) is 0.302. The topological polar surface area (TPSA) is 75.6 Å². The van der Waals surface area contributed by atoms with Crippen LogP contribution in [0.25, 0.3) is 0 Å². The van der Waals surface area contributed by atoms with Crippen LogP contribution in [-0.2, 0) is 61.5 Å². The van der Waals surface area contributed by atoms with Gasteiger partial charge in [-0.3, -0.25) is 0 Å². The summed E-state index contributed by atoms with van der Waals surface area (Å²) < 4.78 is 39.1. The van der Waals surface area contributed by atoms with Gasteiger partial charge in [0.05, 0.1) is 64.4 Å². The van der Waals surface area contributed by atoms with E-state index in [1.54, 1.807) is 0 Å². The Labute approximate surface area is 295 Å². The Balaban J connectivity index is 1.29. The van der Waals surface area contributed by atoms with Crippen molar-refractivity contribution in [2.75, 3.05) is 13.2 Å². The van der Waals surface area contributed by atoms with Crippen LogP contribution >= 0.6 is 0 Å². The summed E-state index contributed by atoms with van der Waals surface area (Å²) in [4.78, 5) is 0. The molecule has 0 bridgehead atoms. The third kappa shape index (κ3) is 10.7. The predicted molar refractivity (Wildman–Crippen MR) is 192 cm³/mol. The van der Waals surface area contributed by atoms with Gasteiger partial charge in [-0.15, -0.1) is 0 Å². The summed E-state index contributed by atoms with van der Waals surface area (Å²) in [6.45, 7) is 2.00. The Hall–Kier alpha value is -4.18. The number of aliphatic hydroxyl groups is 1. The lowest BCUT2D eigenvalue weighted by Gasteiger charge is -2.47. The smallest absolute Gasteiger partial charge is 0.166 e. The highest BCUT2D eigenvalue weighted by molar-refractivity contribution is 5.17. The number of hydrogen-bond donors (Lipinski definition) is 1. The monoisotopic (exact) mass is 674 g/mol. The first kappa shape index (κ1) is 35.6. The number of aliphatic hydroxyl groups excluding tert-OH is 1. The Morgan fingerprint density at radius 3 is 1.30 bits per heavy atom. The van der Waals surface area contributed by atoms with Crippen molar-refractivity contribution in [1.82, 2.24) is 0 Å². The maximum Gasteiger partial charge on any atom is 0.166 e. The Kier molecular flexibility index (Phi) is 13.7. The van der Waals surface area contributed by atoms with Gasteiger partial charge in [0, 0.05) is 0 Å². The molecule has 1 fully saturated rings. The quantitative estimate of drug-likeness (QED) is 0.103. The molecule has 6 rings (SSSR count). The number of rotatable bonds is 18. The maximum atomic E-state index is 11.9. The highest BCUT2D eigenvalue weighted by Gasteiger charge is 2.51. The molecule has 7 nitrogen and oxygen atoms in total. The molecule has 1 saturated heterocycles. The van der Waals surface area contributed by atoms with E-state index in [0.29, 0.717) is 26.4 Å². The van der Waals surface area contributed by atoms with E-state index in [-0.39, 0.29) is 19.8 Å². The van der Waals surface area contributed by atoms with Gasteiger partial charge in [0.1, 0.15) is 12.2 Å². The fourth-order valence-electron chi connectivity index (χ4n) is 6.15. The number of benzene rings is 5. The van der Waals surface area contributed by atoms with Crippen LogP contribution in [0.5, 0.6) is 0 Å². The van der Waals surface area contributed by atoms with Crippen LogP contribution in [0.4, 0.5) is 0 Å². The minimum atomic E-state index is -0.991. The number of ether oxygens (including phenoxy) is 6. The van der Waals surface area contributed by atoms with E-state index in [1.165, 1.54) is 0 Å². The van der Waals surface area contributed by atoms with Crippen molar-refractivity contribution in [3.8, 4) is 0 Å². The van der Waals surface area contributed by atoms with E-state index in [1.807, 2.05) is 152 Å². The highest BCUT2D eigenvalue weighted by atomic mass is 16.7. The van der Waals surface area contributed by atoms with Crippen LogP contribution in [-0.4, -0.2) is 49.0 Å². The summed E-state index contributed by atoms with van der Waals surface area (Å²) in [6, 6.07) is 49.9. The Morgan fingerprint density at radius 2 is 0.840 bits per heavy atom. The second-order valence-electron chi connectivity index (χ2n) is 12.5. The standard InChI is InChI=1S/C43H46O7/c44-38(31-45-26-33-16-6-1-7-17-33)40-42(48-29-36-22-12-4-13-23-36)41(47-28-35-20-10-3-11-21-35)39(32-46-27-34-18-8-2-9-19-34)50-43(40)49-30-37-24-14-5-15-25-37/h1-25,38-44H,26-32H2/t38?,39-,40-,41-,42-,43+/m1/s1.